The van der Waals surface area contributed by atoms with Gasteiger partial charge in [-0.3, -0.25) is 14.5 Å². The van der Waals surface area contributed by atoms with Gasteiger partial charge >= 0.3 is 0 Å². The Morgan fingerprint density at radius 3 is 2.75 bits per heavy atom. The molecule has 192 valence electrons. The number of hydrogen-bond acceptors (Lipinski definition) is 6. The number of anilines is 2. The van der Waals surface area contributed by atoms with Crippen LogP contribution >= 0.6 is 0 Å². The number of aryl methyl sites for hydroxylation is 1. The van der Waals surface area contributed by atoms with E-state index < -0.39 is 15.9 Å². The number of benzene rings is 2. The number of likely N-dealkylation sites (tertiary alicyclic amines) is 1. The van der Waals surface area contributed by atoms with Crippen LogP contribution in [0.1, 0.15) is 36.8 Å². The lowest BCUT2D eigenvalue weighted by molar-refractivity contribution is -0.121. The number of nitrogens with zero attached hydrogens (tertiary/aromatic N) is 2. The number of nitrogens with one attached hydrogen (secondary N) is 2. The smallest absolute Gasteiger partial charge is 0.262 e. The van der Waals surface area contributed by atoms with Crippen LogP contribution in [0.2, 0.25) is 0 Å². The van der Waals surface area contributed by atoms with Crippen molar-refractivity contribution in [3.05, 3.63) is 47.5 Å². The molecule has 1 atom stereocenters. The number of carbonyl (C=O) groups is 2. The molecule has 2 saturated heterocycles. The first-order valence-corrected chi connectivity index (χ1v) is 13.9. The molecular formula is C26H32N4O5S. The molecule has 3 heterocycles. The van der Waals surface area contributed by atoms with E-state index >= 15 is 0 Å². The van der Waals surface area contributed by atoms with Gasteiger partial charge in [-0.2, -0.15) is 4.31 Å². The van der Waals surface area contributed by atoms with E-state index in [1.165, 1.54) is 23.2 Å². The Bertz CT molecular complexity index is 1270. The molecule has 5 rings (SSSR count). The highest BCUT2D eigenvalue weighted by atomic mass is 32.2. The van der Waals surface area contributed by atoms with Gasteiger partial charge in [-0.1, -0.05) is 12.1 Å². The fourth-order valence-corrected chi connectivity index (χ4v) is 6.94. The van der Waals surface area contributed by atoms with Gasteiger partial charge in [0.2, 0.25) is 15.9 Å². The number of hydrogen-bond donors (Lipinski definition) is 2. The van der Waals surface area contributed by atoms with Gasteiger partial charge in [-0.15, -0.1) is 0 Å². The zero-order chi connectivity index (χ0) is 25.3. The molecule has 2 fully saturated rings. The van der Waals surface area contributed by atoms with Gasteiger partial charge in [0.05, 0.1) is 16.5 Å². The van der Waals surface area contributed by atoms with Crippen molar-refractivity contribution in [2.75, 3.05) is 43.4 Å². The molecule has 0 unspecified atom stereocenters. The van der Waals surface area contributed by atoms with E-state index in [4.69, 9.17) is 4.74 Å². The van der Waals surface area contributed by atoms with Crippen LogP contribution in [0.15, 0.2) is 41.3 Å². The molecule has 2 N–H and O–H groups in total. The van der Waals surface area contributed by atoms with Crippen molar-refractivity contribution >= 4 is 33.2 Å². The maximum Gasteiger partial charge on any atom is 0.262 e. The molecule has 3 aliphatic heterocycles. The third-order valence-electron chi connectivity index (χ3n) is 7.08. The largest absolute Gasteiger partial charge is 0.482 e. The second-order valence-corrected chi connectivity index (χ2v) is 11.7. The lowest BCUT2D eigenvalue weighted by Crippen LogP contribution is -2.43. The Balaban J connectivity index is 1.27. The normalized spacial score (nSPS) is 20.9. The van der Waals surface area contributed by atoms with Gasteiger partial charge in [0.25, 0.3) is 5.91 Å². The van der Waals surface area contributed by atoms with Crippen molar-refractivity contribution in [2.24, 2.45) is 5.92 Å². The third kappa shape index (κ3) is 5.25. The number of sulfonamides is 1. The topological polar surface area (TPSA) is 108 Å². The van der Waals surface area contributed by atoms with Crippen LogP contribution in [0, 0.1) is 12.8 Å². The number of piperidine rings is 1. The van der Waals surface area contributed by atoms with Crippen molar-refractivity contribution in [3.63, 3.8) is 0 Å². The van der Waals surface area contributed by atoms with E-state index in [2.05, 4.69) is 21.6 Å². The van der Waals surface area contributed by atoms with Crippen molar-refractivity contribution < 1.29 is 22.7 Å². The monoisotopic (exact) mass is 512 g/mol. The molecule has 0 radical (unpaired) electrons. The molecule has 3 aliphatic rings. The molecule has 0 aromatic heterocycles. The lowest BCUT2D eigenvalue weighted by Gasteiger charge is -2.32. The van der Waals surface area contributed by atoms with Gasteiger partial charge in [0, 0.05) is 31.4 Å². The summed E-state index contributed by atoms with van der Waals surface area (Å²) in [7, 11) is -3.84. The Morgan fingerprint density at radius 1 is 1.14 bits per heavy atom. The average molecular weight is 513 g/mol. The minimum Gasteiger partial charge on any atom is -0.482 e. The number of ether oxygens (including phenoxy) is 1. The van der Waals surface area contributed by atoms with Crippen molar-refractivity contribution in [1.29, 1.82) is 0 Å². The van der Waals surface area contributed by atoms with Crippen molar-refractivity contribution in [2.45, 2.75) is 44.0 Å². The lowest BCUT2D eigenvalue weighted by atomic mass is 9.98. The van der Waals surface area contributed by atoms with Crippen LogP contribution in [0.25, 0.3) is 0 Å². The number of amides is 2. The summed E-state index contributed by atoms with van der Waals surface area (Å²) in [6.07, 6.45) is 3.69. The molecule has 10 heteroatoms. The highest BCUT2D eigenvalue weighted by Gasteiger charge is 2.35. The quantitative estimate of drug-likeness (QED) is 0.616. The highest BCUT2D eigenvalue weighted by molar-refractivity contribution is 7.89. The molecule has 2 amide bonds. The highest BCUT2D eigenvalue weighted by Crippen LogP contribution is 2.35. The van der Waals surface area contributed by atoms with Crippen LogP contribution in [0.4, 0.5) is 11.4 Å². The van der Waals surface area contributed by atoms with E-state index in [9.17, 15) is 18.0 Å². The Kier molecular flexibility index (Phi) is 7.00. The van der Waals surface area contributed by atoms with Crippen LogP contribution in [-0.2, 0) is 26.2 Å². The fourth-order valence-electron chi connectivity index (χ4n) is 5.20. The minimum atomic E-state index is -3.84. The summed E-state index contributed by atoms with van der Waals surface area (Å²) in [6, 6.07) is 11.0. The molecule has 2 aromatic carbocycles. The molecule has 2 aromatic rings. The van der Waals surface area contributed by atoms with Crippen LogP contribution in [0.5, 0.6) is 5.75 Å². The van der Waals surface area contributed by atoms with E-state index in [0.717, 1.165) is 30.9 Å². The Labute approximate surface area is 211 Å². The van der Waals surface area contributed by atoms with Crippen LogP contribution < -0.4 is 15.4 Å². The molecule has 0 bridgehead atoms. The predicted molar refractivity (Wildman–Crippen MR) is 136 cm³/mol. The maximum atomic E-state index is 13.5. The van der Waals surface area contributed by atoms with E-state index in [1.807, 2.05) is 18.2 Å². The molecule has 9 nitrogen and oxygen atoms in total. The molecule has 0 saturated carbocycles. The van der Waals surface area contributed by atoms with E-state index in [-0.39, 0.29) is 29.9 Å². The molecular weight excluding hydrogens is 480 g/mol. The summed E-state index contributed by atoms with van der Waals surface area (Å²) in [6.45, 7) is 5.09. The minimum absolute atomic E-state index is 0.121. The first kappa shape index (κ1) is 24.7. The zero-order valence-corrected chi connectivity index (χ0v) is 21.3. The Hall–Kier alpha value is -2.95. The first-order valence-electron chi connectivity index (χ1n) is 12.5. The summed E-state index contributed by atoms with van der Waals surface area (Å²) >= 11 is 0. The predicted octanol–water partition coefficient (Wildman–Crippen LogP) is 2.96. The average Bonchev–Trinajstić information content (AvgIpc) is 3.37. The van der Waals surface area contributed by atoms with Gasteiger partial charge < -0.3 is 15.4 Å². The summed E-state index contributed by atoms with van der Waals surface area (Å²) in [4.78, 5) is 27.3. The molecule has 36 heavy (non-hydrogen) atoms. The zero-order valence-electron chi connectivity index (χ0n) is 20.5. The number of rotatable bonds is 6. The van der Waals surface area contributed by atoms with E-state index in [0.29, 0.717) is 36.4 Å². The van der Waals surface area contributed by atoms with Crippen molar-refractivity contribution in [3.8, 4) is 5.75 Å². The fraction of sp³-hybridized carbons (Fsp3) is 0.462. The number of carbonyl (C=O) groups excluding carboxylic acids is 2. The van der Waals surface area contributed by atoms with Crippen LogP contribution in [-0.4, -0.2) is 62.2 Å². The van der Waals surface area contributed by atoms with Gasteiger partial charge in [0.1, 0.15) is 5.75 Å². The summed E-state index contributed by atoms with van der Waals surface area (Å²) in [5.74, 6) is -0.548. The number of fused-ring (bicyclic) bond motifs is 1. The standard InChI is InChI=1S/C26H32N4O5S/c1-18-12-22-23(35-17-25(31)28-22)14-24(18)36(33,34)30-11-5-7-20(16-30)26(32)27-21-8-4-6-19(13-21)15-29-9-2-3-10-29/h4,6,8,12-14,20H,2-3,5,7,9-11,15-17H2,1H3,(H,27,32)(H,28,31)/t20-/m1/s1. The second-order valence-electron chi connectivity index (χ2n) is 9.83. The second kappa shape index (κ2) is 10.2. The maximum absolute atomic E-state index is 13.5. The van der Waals surface area contributed by atoms with E-state index in [1.54, 1.807) is 13.0 Å². The Morgan fingerprint density at radius 2 is 1.94 bits per heavy atom. The summed E-state index contributed by atoms with van der Waals surface area (Å²) in [5.41, 5.74) is 2.87. The first-order chi connectivity index (χ1) is 17.3. The third-order valence-corrected chi connectivity index (χ3v) is 9.09. The molecule has 0 spiro atoms. The van der Waals surface area contributed by atoms with Crippen LogP contribution in [0.3, 0.4) is 0 Å². The summed E-state index contributed by atoms with van der Waals surface area (Å²) in [5, 5.41) is 5.71. The van der Waals surface area contributed by atoms with Gasteiger partial charge in [-0.05, 0) is 75.0 Å². The SMILES string of the molecule is Cc1cc2c(cc1S(=O)(=O)N1CCC[C@@H](C(=O)Nc3cccc(CN4CCCC4)c3)C1)OCC(=O)N2. The van der Waals surface area contributed by atoms with Gasteiger partial charge in [0.15, 0.2) is 6.61 Å². The van der Waals surface area contributed by atoms with Crippen molar-refractivity contribution in [1.82, 2.24) is 9.21 Å². The van der Waals surface area contributed by atoms with Gasteiger partial charge in [-0.25, -0.2) is 8.42 Å². The summed E-state index contributed by atoms with van der Waals surface area (Å²) < 4.78 is 33.9. The molecule has 0 aliphatic carbocycles.